The van der Waals surface area contributed by atoms with E-state index in [4.69, 9.17) is 5.10 Å². The molecule has 0 amide bonds. The summed E-state index contributed by atoms with van der Waals surface area (Å²) in [5, 5.41) is 10.2. The van der Waals surface area contributed by atoms with E-state index in [1.165, 1.54) is 24.3 Å². The predicted molar refractivity (Wildman–Crippen MR) is 120 cm³/mol. The summed E-state index contributed by atoms with van der Waals surface area (Å²) >= 11 is 3.13. The lowest BCUT2D eigenvalue weighted by atomic mass is 10.0. The van der Waals surface area contributed by atoms with E-state index in [0.29, 0.717) is 5.57 Å². The summed E-state index contributed by atoms with van der Waals surface area (Å²) < 4.78 is 27.1. The standard InChI is InChI=1S/C22H23F2N3S2/c1-4-12-22(18-8-6-5-7-9-18)27(21-25-13-14-28-21)26-20(29-22)16(2)15-19(24)11-10-17(3)23/h5-11,13-15H,4,12H2,1-3H3/b16-15+,17-10+,19-11+. The van der Waals surface area contributed by atoms with Crippen LogP contribution in [0.4, 0.5) is 13.9 Å². The highest BCUT2D eigenvalue weighted by atomic mass is 32.2. The summed E-state index contributed by atoms with van der Waals surface area (Å²) in [5.74, 6) is -0.962. The van der Waals surface area contributed by atoms with Crippen molar-refractivity contribution in [3.05, 3.63) is 82.9 Å². The second-order valence-corrected chi connectivity index (χ2v) is 8.81. The number of hydrogen-bond donors (Lipinski definition) is 0. The highest BCUT2D eigenvalue weighted by molar-refractivity contribution is 8.15. The van der Waals surface area contributed by atoms with Gasteiger partial charge in [0.15, 0.2) is 0 Å². The van der Waals surface area contributed by atoms with Gasteiger partial charge in [-0.15, -0.1) is 11.3 Å². The van der Waals surface area contributed by atoms with Crippen molar-refractivity contribution in [1.82, 2.24) is 4.98 Å². The van der Waals surface area contributed by atoms with E-state index < -0.39 is 16.5 Å². The average Bonchev–Trinajstić information content (AvgIpc) is 3.36. The van der Waals surface area contributed by atoms with E-state index in [-0.39, 0.29) is 0 Å². The molecule has 1 aromatic heterocycles. The maximum Gasteiger partial charge on any atom is 0.207 e. The topological polar surface area (TPSA) is 28.5 Å². The molecule has 7 heteroatoms. The van der Waals surface area contributed by atoms with Gasteiger partial charge >= 0.3 is 0 Å². The largest absolute Gasteiger partial charge is 0.227 e. The molecule has 3 nitrogen and oxygen atoms in total. The Labute approximate surface area is 178 Å². The Balaban J connectivity index is 2.04. The van der Waals surface area contributed by atoms with Gasteiger partial charge in [-0.25, -0.2) is 18.8 Å². The maximum absolute atomic E-state index is 14.2. The minimum absolute atomic E-state index is 0.445. The number of nitrogens with zero attached hydrogens (tertiary/aromatic N) is 3. The fraction of sp³-hybridized carbons (Fsp3) is 0.273. The zero-order chi connectivity index (χ0) is 20.9. The van der Waals surface area contributed by atoms with E-state index in [0.717, 1.165) is 40.7 Å². The fourth-order valence-electron chi connectivity index (χ4n) is 3.10. The first-order valence-electron chi connectivity index (χ1n) is 9.37. The minimum atomic E-state index is -0.517. The van der Waals surface area contributed by atoms with E-state index in [1.807, 2.05) is 35.5 Å². The molecule has 1 aliphatic heterocycles. The van der Waals surface area contributed by atoms with Crippen LogP contribution in [0.15, 0.2) is 82.5 Å². The molecule has 0 fully saturated rings. The van der Waals surface area contributed by atoms with E-state index in [9.17, 15) is 8.78 Å². The molecule has 0 N–H and O–H groups in total. The van der Waals surface area contributed by atoms with Crippen molar-refractivity contribution in [2.75, 3.05) is 5.01 Å². The third-order valence-electron chi connectivity index (χ3n) is 4.38. The van der Waals surface area contributed by atoms with Crippen molar-refractivity contribution in [1.29, 1.82) is 0 Å². The molecule has 0 saturated carbocycles. The molecule has 0 bridgehead atoms. The monoisotopic (exact) mass is 431 g/mol. The minimum Gasteiger partial charge on any atom is -0.227 e. The second-order valence-electron chi connectivity index (χ2n) is 6.67. The molecule has 1 atom stereocenters. The molecule has 1 unspecified atom stereocenters. The third-order valence-corrected chi connectivity index (χ3v) is 6.67. The van der Waals surface area contributed by atoms with Crippen LogP contribution in [0.25, 0.3) is 0 Å². The normalized spacial score (nSPS) is 20.9. The van der Waals surface area contributed by atoms with Crippen molar-refractivity contribution in [3.63, 3.8) is 0 Å². The third kappa shape index (κ3) is 4.85. The van der Waals surface area contributed by atoms with Gasteiger partial charge in [-0.2, -0.15) is 5.10 Å². The number of allylic oxidation sites excluding steroid dienone is 5. The van der Waals surface area contributed by atoms with Gasteiger partial charge in [0, 0.05) is 11.6 Å². The highest BCUT2D eigenvalue weighted by Gasteiger charge is 2.46. The zero-order valence-corrected chi connectivity index (χ0v) is 18.2. The lowest BCUT2D eigenvalue weighted by Crippen LogP contribution is -2.37. The van der Waals surface area contributed by atoms with Crippen molar-refractivity contribution in [2.45, 2.75) is 38.5 Å². The van der Waals surface area contributed by atoms with E-state index >= 15 is 0 Å². The Hall–Kier alpha value is -2.25. The Morgan fingerprint density at radius 3 is 2.55 bits per heavy atom. The zero-order valence-electron chi connectivity index (χ0n) is 16.6. The number of rotatable bonds is 7. The number of aromatic nitrogens is 1. The van der Waals surface area contributed by atoms with Crippen molar-refractivity contribution in [2.24, 2.45) is 5.10 Å². The molecule has 2 aromatic rings. The van der Waals surface area contributed by atoms with E-state index in [1.54, 1.807) is 18.0 Å². The van der Waals surface area contributed by atoms with Crippen molar-refractivity contribution < 1.29 is 8.78 Å². The van der Waals surface area contributed by atoms with Gasteiger partial charge in [-0.1, -0.05) is 55.4 Å². The number of halogens is 2. The molecule has 1 aliphatic rings. The van der Waals surface area contributed by atoms with Gasteiger partial charge in [0.2, 0.25) is 5.13 Å². The van der Waals surface area contributed by atoms with Crippen LogP contribution in [0.2, 0.25) is 0 Å². The predicted octanol–water partition coefficient (Wildman–Crippen LogP) is 7.34. The first kappa shape index (κ1) is 21.5. The summed E-state index contributed by atoms with van der Waals surface area (Å²) in [6, 6.07) is 10.2. The fourth-order valence-corrected chi connectivity index (χ4v) is 5.26. The summed E-state index contributed by atoms with van der Waals surface area (Å²) in [6.07, 6.45) is 7.17. The number of hydrazone groups is 1. The van der Waals surface area contributed by atoms with Crippen LogP contribution in [-0.2, 0) is 4.87 Å². The smallest absolute Gasteiger partial charge is 0.207 e. The molecular formula is C22H23F2N3S2. The Kier molecular flexibility index (Phi) is 7.03. The quantitative estimate of drug-likeness (QED) is 0.430. The molecule has 0 radical (unpaired) electrons. The molecule has 152 valence electrons. The summed E-state index contributed by atoms with van der Waals surface area (Å²) in [4.78, 5) is 4.02. The first-order chi connectivity index (χ1) is 14.0. The van der Waals surface area contributed by atoms with E-state index in [2.05, 4.69) is 24.0 Å². The van der Waals surface area contributed by atoms with Gasteiger partial charge in [0.1, 0.15) is 15.7 Å². The van der Waals surface area contributed by atoms with Crippen LogP contribution >= 0.6 is 23.1 Å². The van der Waals surface area contributed by atoms with Gasteiger partial charge in [0.25, 0.3) is 0 Å². The van der Waals surface area contributed by atoms with Gasteiger partial charge < -0.3 is 0 Å². The van der Waals surface area contributed by atoms with Crippen LogP contribution in [0, 0.1) is 0 Å². The number of thiazole rings is 1. The molecule has 1 aromatic carbocycles. The van der Waals surface area contributed by atoms with Gasteiger partial charge in [-0.3, -0.25) is 0 Å². The average molecular weight is 432 g/mol. The van der Waals surface area contributed by atoms with Gasteiger partial charge in [-0.05, 0) is 49.6 Å². The summed E-state index contributed by atoms with van der Waals surface area (Å²) in [5.41, 5.74) is 1.81. The molecule has 2 heterocycles. The molecule has 0 spiro atoms. The highest BCUT2D eigenvalue weighted by Crippen LogP contribution is 2.52. The van der Waals surface area contributed by atoms with Crippen LogP contribution < -0.4 is 5.01 Å². The molecule has 0 aliphatic carbocycles. The van der Waals surface area contributed by atoms with Crippen LogP contribution in [0.1, 0.15) is 39.2 Å². The Morgan fingerprint density at radius 2 is 1.93 bits per heavy atom. The summed E-state index contributed by atoms with van der Waals surface area (Å²) in [7, 11) is 0. The Morgan fingerprint density at radius 1 is 1.17 bits per heavy atom. The van der Waals surface area contributed by atoms with Gasteiger partial charge in [0.05, 0.1) is 5.83 Å². The summed E-state index contributed by atoms with van der Waals surface area (Å²) in [6.45, 7) is 5.24. The molecule has 0 saturated heterocycles. The lowest BCUT2D eigenvalue weighted by molar-refractivity contribution is 0.537. The SMILES string of the molecule is CCCC1(c2ccccc2)SC(/C(C)=C/C(F)=C\C=C(/C)F)=NN1c1nccs1. The van der Waals surface area contributed by atoms with Crippen molar-refractivity contribution in [3.8, 4) is 0 Å². The second kappa shape index (κ2) is 9.50. The number of hydrogen-bond acceptors (Lipinski definition) is 5. The first-order valence-corrected chi connectivity index (χ1v) is 11.1. The van der Waals surface area contributed by atoms with Crippen LogP contribution in [0.5, 0.6) is 0 Å². The number of benzene rings is 1. The van der Waals surface area contributed by atoms with Crippen LogP contribution in [-0.4, -0.2) is 10.0 Å². The number of anilines is 1. The van der Waals surface area contributed by atoms with Crippen molar-refractivity contribution >= 4 is 33.3 Å². The molecular weight excluding hydrogens is 408 g/mol. The van der Waals surface area contributed by atoms with Crippen LogP contribution in [0.3, 0.4) is 0 Å². The maximum atomic E-state index is 14.2. The Bertz CT molecular complexity index is 946. The molecule has 29 heavy (non-hydrogen) atoms. The lowest BCUT2D eigenvalue weighted by Gasteiger charge is -2.35. The molecule has 3 rings (SSSR count). The number of thioether (sulfide) groups is 1.